The van der Waals surface area contributed by atoms with Crippen LogP contribution >= 0.6 is 0 Å². The van der Waals surface area contributed by atoms with Crippen molar-refractivity contribution in [3.05, 3.63) is 47.5 Å². The number of rotatable bonds is 5. The first kappa shape index (κ1) is 31.1. The largest absolute Gasteiger partial charge is 0.478 e. The highest BCUT2D eigenvalue weighted by molar-refractivity contribution is 5.98. The second-order valence-electron chi connectivity index (χ2n) is 12.4. The number of hydrogen-bond acceptors (Lipinski definition) is 6. The smallest absolute Gasteiger partial charge is 0.408 e. The van der Waals surface area contributed by atoms with Gasteiger partial charge in [-0.15, -0.1) is 0 Å². The van der Waals surface area contributed by atoms with E-state index < -0.39 is 41.2 Å². The van der Waals surface area contributed by atoms with Crippen LogP contribution in [-0.2, 0) is 25.7 Å². The maximum absolute atomic E-state index is 13.7. The Morgan fingerprint density at radius 1 is 1.12 bits per heavy atom. The third kappa shape index (κ3) is 7.68. The van der Waals surface area contributed by atoms with Gasteiger partial charge in [-0.05, 0) is 77.0 Å². The van der Waals surface area contributed by atoms with Crippen molar-refractivity contribution in [3.63, 3.8) is 0 Å². The van der Waals surface area contributed by atoms with Crippen molar-refractivity contribution in [2.24, 2.45) is 5.92 Å². The quantitative estimate of drug-likeness (QED) is 0.389. The van der Waals surface area contributed by atoms with E-state index in [0.29, 0.717) is 37.8 Å². The predicted molar refractivity (Wildman–Crippen MR) is 154 cm³/mol. The van der Waals surface area contributed by atoms with Gasteiger partial charge in [0.25, 0.3) is 0 Å². The summed E-state index contributed by atoms with van der Waals surface area (Å²) in [6.07, 6.45) is 8.55. The van der Waals surface area contributed by atoms with Crippen LogP contribution < -0.4 is 16.0 Å². The molecule has 3 aliphatic rings. The zero-order valence-corrected chi connectivity index (χ0v) is 24.6. The minimum absolute atomic E-state index is 0.111. The van der Waals surface area contributed by atoms with E-state index in [4.69, 9.17) is 4.74 Å². The Bertz CT molecular complexity index is 1240. The second kappa shape index (κ2) is 13.0. The molecule has 4 amide bonds. The number of ether oxygens (including phenoxy) is 1. The van der Waals surface area contributed by atoms with E-state index in [1.165, 1.54) is 17.0 Å². The fraction of sp³-hybridized carbons (Fsp3) is 0.581. The van der Waals surface area contributed by atoms with Gasteiger partial charge >= 0.3 is 12.1 Å². The molecule has 2 fully saturated rings. The van der Waals surface area contributed by atoms with Crippen LogP contribution in [0.25, 0.3) is 0 Å². The number of alkyl carbamates (subject to hydrolysis) is 1. The topological polar surface area (TPSA) is 154 Å². The standard InChI is InChI=1S/C31H42N4O7/c1-30(2,3)42-29(41)33-23-14-8-6-4-5-7-13-22-18-31(22,34-25(36)24-15-10-16-35(24)26(23)37)28(40)32-19-20-11-9-12-21(17-20)27(38)39/h7,9,11-13,17,22-24H,4-6,8,10,14-16,18-19H2,1-3H3,(H,32,40)(H,33,41)(H,34,36)(H,38,39)/b13-7-/t22-,23-,24-,31+/m0/s1. The highest BCUT2D eigenvalue weighted by Gasteiger charge is 2.60. The first-order valence-electron chi connectivity index (χ1n) is 14.8. The van der Waals surface area contributed by atoms with Gasteiger partial charge in [-0.3, -0.25) is 14.4 Å². The van der Waals surface area contributed by atoms with Gasteiger partial charge in [0.1, 0.15) is 23.2 Å². The number of aromatic carboxylic acids is 1. The van der Waals surface area contributed by atoms with Gasteiger partial charge in [-0.2, -0.15) is 0 Å². The Balaban J connectivity index is 1.51. The monoisotopic (exact) mass is 582 g/mol. The van der Waals surface area contributed by atoms with Crippen LogP contribution in [0.1, 0.15) is 88.1 Å². The van der Waals surface area contributed by atoms with Gasteiger partial charge in [0.2, 0.25) is 17.7 Å². The molecule has 11 heteroatoms. The summed E-state index contributed by atoms with van der Waals surface area (Å²) < 4.78 is 5.40. The van der Waals surface area contributed by atoms with Crippen molar-refractivity contribution in [1.29, 1.82) is 0 Å². The van der Waals surface area contributed by atoms with E-state index in [1.54, 1.807) is 32.9 Å². The maximum atomic E-state index is 13.7. The summed E-state index contributed by atoms with van der Waals surface area (Å²) in [5.41, 5.74) is -1.11. The minimum Gasteiger partial charge on any atom is -0.478 e. The van der Waals surface area contributed by atoms with Crippen molar-refractivity contribution in [2.75, 3.05) is 6.54 Å². The summed E-state index contributed by atoms with van der Waals surface area (Å²) >= 11 is 0. The van der Waals surface area contributed by atoms with Gasteiger partial charge < -0.3 is 30.7 Å². The molecule has 0 bridgehead atoms. The fourth-order valence-corrected chi connectivity index (χ4v) is 5.70. The number of amides is 4. The summed E-state index contributed by atoms with van der Waals surface area (Å²) in [4.78, 5) is 66.3. The van der Waals surface area contributed by atoms with Crippen LogP contribution in [0.15, 0.2) is 36.4 Å². The molecule has 228 valence electrons. The van der Waals surface area contributed by atoms with Crippen molar-refractivity contribution in [3.8, 4) is 0 Å². The van der Waals surface area contributed by atoms with Crippen LogP contribution in [0, 0.1) is 5.92 Å². The lowest BCUT2D eigenvalue weighted by Crippen LogP contribution is -2.57. The molecule has 1 aromatic rings. The number of nitrogens with zero attached hydrogens (tertiary/aromatic N) is 1. The van der Waals surface area contributed by atoms with E-state index in [9.17, 15) is 29.1 Å². The van der Waals surface area contributed by atoms with Crippen molar-refractivity contribution < 1.29 is 33.8 Å². The van der Waals surface area contributed by atoms with Crippen LogP contribution in [0.2, 0.25) is 0 Å². The van der Waals surface area contributed by atoms with Crippen molar-refractivity contribution in [1.82, 2.24) is 20.9 Å². The highest BCUT2D eigenvalue weighted by Crippen LogP contribution is 2.45. The zero-order chi connectivity index (χ0) is 30.5. The van der Waals surface area contributed by atoms with Gasteiger partial charge in [0.05, 0.1) is 5.56 Å². The lowest BCUT2D eigenvalue weighted by atomic mass is 10.0. The number of hydrogen-bond donors (Lipinski definition) is 4. The number of benzene rings is 1. The molecule has 1 aromatic carbocycles. The molecule has 1 saturated heterocycles. The van der Waals surface area contributed by atoms with Crippen LogP contribution in [0.5, 0.6) is 0 Å². The Morgan fingerprint density at radius 3 is 2.64 bits per heavy atom. The highest BCUT2D eigenvalue weighted by atomic mass is 16.6. The van der Waals surface area contributed by atoms with E-state index in [2.05, 4.69) is 16.0 Å². The number of carboxylic acids is 1. The number of carbonyl (C=O) groups is 5. The lowest BCUT2D eigenvalue weighted by Gasteiger charge is -2.30. The number of nitrogens with one attached hydrogen (secondary N) is 3. The molecule has 0 spiro atoms. The summed E-state index contributed by atoms with van der Waals surface area (Å²) in [7, 11) is 0. The Kier molecular flexibility index (Phi) is 9.58. The van der Waals surface area contributed by atoms with Crippen molar-refractivity contribution >= 4 is 29.8 Å². The molecule has 4 rings (SSSR count). The number of allylic oxidation sites excluding steroid dienone is 1. The van der Waals surface area contributed by atoms with E-state index in [-0.39, 0.29) is 29.8 Å². The van der Waals surface area contributed by atoms with Crippen LogP contribution in [0.3, 0.4) is 0 Å². The molecule has 2 heterocycles. The van der Waals surface area contributed by atoms with Gasteiger partial charge in [-0.25, -0.2) is 9.59 Å². The minimum atomic E-state index is -1.15. The van der Waals surface area contributed by atoms with Gasteiger partial charge in [0, 0.05) is 19.0 Å². The summed E-state index contributed by atoms with van der Waals surface area (Å²) in [5, 5.41) is 17.9. The predicted octanol–water partition coefficient (Wildman–Crippen LogP) is 3.28. The Labute approximate surface area is 246 Å². The summed E-state index contributed by atoms with van der Waals surface area (Å²) in [6, 6.07) is 4.76. The molecule has 1 aliphatic carbocycles. The first-order chi connectivity index (χ1) is 19.9. The lowest BCUT2D eigenvalue weighted by molar-refractivity contribution is -0.141. The molecule has 11 nitrogen and oxygen atoms in total. The van der Waals surface area contributed by atoms with Crippen molar-refractivity contribution in [2.45, 2.75) is 102 Å². The second-order valence-corrected chi connectivity index (χ2v) is 12.4. The number of carboxylic acid groups (broad SMARTS) is 1. The molecule has 4 N–H and O–H groups in total. The molecule has 0 unspecified atom stereocenters. The maximum Gasteiger partial charge on any atom is 0.408 e. The summed E-state index contributed by atoms with van der Waals surface area (Å²) in [5.74, 6) is -2.32. The number of carbonyl (C=O) groups excluding carboxylic acids is 4. The normalized spacial score (nSPS) is 27.3. The van der Waals surface area contributed by atoms with Crippen LogP contribution in [-0.4, -0.2) is 69.6 Å². The van der Waals surface area contributed by atoms with E-state index in [1.807, 2.05) is 12.2 Å². The summed E-state index contributed by atoms with van der Waals surface area (Å²) in [6.45, 7) is 5.75. The van der Waals surface area contributed by atoms with E-state index in [0.717, 1.165) is 25.7 Å². The average molecular weight is 583 g/mol. The zero-order valence-electron chi connectivity index (χ0n) is 24.6. The third-order valence-corrected chi connectivity index (χ3v) is 7.95. The molecule has 0 radical (unpaired) electrons. The molecule has 42 heavy (non-hydrogen) atoms. The molecule has 4 atom stereocenters. The van der Waals surface area contributed by atoms with Gasteiger partial charge in [0.15, 0.2) is 0 Å². The molecule has 0 aromatic heterocycles. The molecular formula is C31H42N4O7. The molecule has 2 aliphatic heterocycles. The van der Waals surface area contributed by atoms with Gasteiger partial charge in [-0.1, -0.05) is 37.1 Å². The Hall–Kier alpha value is -3.89. The number of fused-ring (bicyclic) bond motifs is 2. The first-order valence-corrected chi connectivity index (χ1v) is 14.8. The van der Waals surface area contributed by atoms with E-state index >= 15 is 0 Å². The molecule has 1 saturated carbocycles. The third-order valence-electron chi connectivity index (χ3n) is 7.95. The van der Waals surface area contributed by atoms with Crippen LogP contribution in [0.4, 0.5) is 4.79 Å². The average Bonchev–Trinajstić information content (AvgIpc) is 3.38. The Morgan fingerprint density at radius 2 is 1.90 bits per heavy atom. The molecular weight excluding hydrogens is 540 g/mol. The SMILES string of the molecule is CC(C)(C)OC(=O)N[C@H]1CCCCC/C=C\[C@H]2C[C@@]2(C(=O)NCc2cccc(C(=O)O)c2)NC(=O)[C@@H]2CCCN2C1=O. The fourth-order valence-electron chi connectivity index (χ4n) is 5.70.